The van der Waals surface area contributed by atoms with E-state index >= 15 is 0 Å². The summed E-state index contributed by atoms with van der Waals surface area (Å²) in [7, 11) is 0. The van der Waals surface area contributed by atoms with Gasteiger partial charge in [0, 0.05) is 24.0 Å². The molecule has 3 heterocycles. The van der Waals surface area contributed by atoms with E-state index in [1.54, 1.807) is 12.4 Å². The summed E-state index contributed by atoms with van der Waals surface area (Å²) in [5.41, 5.74) is 3.84. The first-order chi connectivity index (χ1) is 11.9. The Bertz CT molecular complexity index is 932. The molecule has 2 N–H and O–H groups in total. The third kappa shape index (κ3) is 2.87. The largest absolute Gasteiger partial charge is 0.323 e. The molecule has 4 aromatic rings. The van der Waals surface area contributed by atoms with Crippen LogP contribution in [0.2, 0.25) is 0 Å². The zero-order valence-electron chi connectivity index (χ0n) is 12.8. The maximum Gasteiger partial charge on any atom is 0.154 e. The summed E-state index contributed by atoms with van der Waals surface area (Å²) in [4.78, 5) is 8.77. The van der Waals surface area contributed by atoms with Gasteiger partial charge in [0.25, 0.3) is 0 Å². The van der Waals surface area contributed by atoms with Gasteiger partial charge in [-0.1, -0.05) is 36.4 Å². The molecule has 5 heteroatoms. The van der Waals surface area contributed by atoms with E-state index in [4.69, 9.17) is 0 Å². The standard InChI is InChI=1S/C19H15N5/c1-2-7-14(8-3-1)15-9-6-12-21-19(15)22-18-13-17(23-24-18)16-10-4-5-11-20-16/h1-13H,(H2,21,22,23,24). The van der Waals surface area contributed by atoms with Gasteiger partial charge in [-0.05, 0) is 29.8 Å². The molecule has 24 heavy (non-hydrogen) atoms. The number of H-pyrrole nitrogens is 1. The summed E-state index contributed by atoms with van der Waals surface area (Å²) in [6.45, 7) is 0. The molecule has 0 aliphatic carbocycles. The van der Waals surface area contributed by atoms with Crippen molar-refractivity contribution in [2.45, 2.75) is 0 Å². The lowest BCUT2D eigenvalue weighted by Crippen LogP contribution is -1.96. The Morgan fingerprint density at radius 3 is 2.46 bits per heavy atom. The average Bonchev–Trinajstić information content (AvgIpc) is 3.12. The number of nitrogens with one attached hydrogen (secondary N) is 2. The minimum Gasteiger partial charge on any atom is -0.323 e. The Kier molecular flexibility index (Phi) is 3.73. The number of aromatic nitrogens is 4. The van der Waals surface area contributed by atoms with Crippen molar-refractivity contribution in [3.63, 3.8) is 0 Å². The van der Waals surface area contributed by atoms with Crippen LogP contribution in [0.3, 0.4) is 0 Å². The van der Waals surface area contributed by atoms with Crippen molar-refractivity contribution in [3.8, 4) is 22.5 Å². The van der Waals surface area contributed by atoms with E-state index in [0.29, 0.717) is 5.82 Å². The zero-order valence-corrected chi connectivity index (χ0v) is 12.8. The van der Waals surface area contributed by atoms with Gasteiger partial charge in [0.1, 0.15) is 5.82 Å². The zero-order chi connectivity index (χ0) is 16.2. The number of anilines is 2. The van der Waals surface area contributed by atoms with Crippen molar-refractivity contribution in [1.29, 1.82) is 0 Å². The maximum absolute atomic E-state index is 4.45. The van der Waals surface area contributed by atoms with Crippen LogP contribution in [0.1, 0.15) is 0 Å². The minimum atomic E-state index is 0.700. The van der Waals surface area contributed by atoms with Crippen molar-refractivity contribution >= 4 is 11.6 Å². The molecule has 0 atom stereocenters. The number of hydrogen-bond donors (Lipinski definition) is 2. The molecule has 0 bridgehead atoms. The molecule has 0 aliphatic rings. The summed E-state index contributed by atoms with van der Waals surface area (Å²) >= 11 is 0. The van der Waals surface area contributed by atoms with Crippen LogP contribution in [0.4, 0.5) is 11.6 Å². The van der Waals surface area contributed by atoms with Crippen LogP contribution < -0.4 is 5.32 Å². The molecular weight excluding hydrogens is 298 g/mol. The number of pyridine rings is 2. The predicted octanol–water partition coefficient (Wildman–Crippen LogP) is 4.28. The molecule has 0 unspecified atom stereocenters. The molecule has 3 aromatic heterocycles. The summed E-state index contributed by atoms with van der Waals surface area (Å²) in [6, 6.07) is 21.8. The van der Waals surface area contributed by atoms with Gasteiger partial charge in [0.15, 0.2) is 5.82 Å². The second-order valence-electron chi connectivity index (χ2n) is 5.27. The summed E-state index contributed by atoms with van der Waals surface area (Å²) in [6.07, 6.45) is 3.52. The van der Waals surface area contributed by atoms with E-state index in [1.165, 1.54) is 0 Å². The molecular formula is C19H15N5. The Hall–Kier alpha value is -3.47. The molecule has 0 radical (unpaired) electrons. The Balaban J connectivity index is 1.64. The molecule has 5 nitrogen and oxygen atoms in total. The Labute approximate surface area is 139 Å². The van der Waals surface area contributed by atoms with E-state index in [0.717, 1.165) is 28.3 Å². The van der Waals surface area contributed by atoms with Crippen molar-refractivity contribution < 1.29 is 0 Å². The first-order valence-corrected chi connectivity index (χ1v) is 7.64. The summed E-state index contributed by atoms with van der Waals surface area (Å²) in [5.74, 6) is 1.47. The van der Waals surface area contributed by atoms with Crippen LogP contribution in [-0.4, -0.2) is 20.2 Å². The molecule has 0 spiro atoms. The van der Waals surface area contributed by atoms with Crippen LogP contribution >= 0.6 is 0 Å². The maximum atomic E-state index is 4.45. The molecule has 4 rings (SSSR count). The molecule has 0 amide bonds. The van der Waals surface area contributed by atoms with Gasteiger partial charge in [-0.3, -0.25) is 10.1 Å². The molecule has 0 fully saturated rings. The van der Waals surface area contributed by atoms with Crippen molar-refractivity contribution in [3.05, 3.63) is 79.1 Å². The lowest BCUT2D eigenvalue weighted by molar-refractivity contribution is 1.08. The van der Waals surface area contributed by atoms with Crippen molar-refractivity contribution in [2.75, 3.05) is 5.32 Å². The highest BCUT2D eigenvalue weighted by atomic mass is 15.2. The number of benzene rings is 1. The monoisotopic (exact) mass is 313 g/mol. The van der Waals surface area contributed by atoms with Gasteiger partial charge in [-0.25, -0.2) is 4.98 Å². The van der Waals surface area contributed by atoms with Crippen LogP contribution in [0.5, 0.6) is 0 Å². The van der Waals surface area contributed by atoms with E-state index in [9.17, 15) is 0 Å². The highest BCUT2D eigenvalue weighted by Gasteiger charge is 2.09. The highest BCUT2D eigenvalue weighted by molar-refractivity contribution is 5.78. The van der Waals surface area contributed by atoms with Crippen LogP contribution in [0.15, 0.2) is 79.1 Å². The fraction of sp³-hybridized carbons (Fsp3) is 0. The quantitative estimate of drug-likeness (QED) is 0.590. The molecule has 0 saturated carbocycles. The highest BCUT2D eigenvalue weighted by Crippen LogP contribution is 2.28. The minimum absolute atomic E-state index is 0.700. The fourth-order valence-electron chi connectivity index (χ4n) is 2.52. The Morgan fingerprint density at radius 2 is 1.62 bits per heavy atom. The molecule has 0 saturated heterocycles. The van der Waals surface area contributed by atoms with Gasteiger partial charge in [0.05, 0.1) is 11.4 Å². The van der Waals surface area contributed by atoms with Crippen LogP contribution in [-0.2, 0) is 0 Å². The smallest absolute Gasteiger partial charge is 0.154 e. The summed E-state index contributed by atoms with van der Waals surface area (Å²) in [5, 5.41) is 10.6. The summed E-state index contributed by atoms with van der Waals surface area (Å²) < 4.78 is 0. The van der Waals surface area contributed by atoms with Gasteiger partial charge in [-0.2, -0.15) is 5.10 Å². The lowest BCUT2D eigenvalue weighted by Gasteiger charge is -2.08. The lowest BCUT2D eigenvalue weighted by atomic mass is 10.1. The van der Waals surface area contributed by atoms with Gasteiger partial charge in [-0.15, -0.1) is 0 Å². The SMILES string of the molecule is c1ccc(-c2cccnc2Nc2cc(-c3ccccn3)[nH]n2)cc1. The predicted molar refractivity (Wildman–Crippen MR) is 94.8 cm³/mol. The number of rotatable bonds is 4. The molecule has 0 aliphatic heterocycles. The average molecular weight is 313 g/mol. The van der Waals surface area contributed by atoms with E-state index in [-0.39, 0.29) is 0 Å². The van der Waals surface area contributed by atoms with E-state index in [2.05, 4.69) is 37.6 Å². The van der Waals surface area contributed by atoms with Gasteiger partial charge in [0.2, 0.25) is 0 Å². The third-order valence-corrected chi connectivity index (χ3v) is 3.66. The fourth-order valence-corrected chi connectivity index (χ4v) is 2.52. The van der Waals surface area contributed by atoms with E-state index in [1.807, 2.05) is 54.6 Å². The number of aromatic amines is 1. The first kappa shape index (κ1) is 14.1. The Morgan fingerprint density at radius 1 is 0.792 bits per heavy atom. The second-order valence-corrected chi connectivity index (χ2v) is 5.27. The van der Waals surface area contributed by atoms with Crippen LogP contribution in [0.25, 0.3) is 22.5 Å². The van der Waals surface area contributed by atoms with Gasteiger partial charge < -0.3 is 5.32 Å². The van der Waals surface area contributed by atoms with Crippen molar-refractivity contribution in [1.82, 2.24) is 20.2 Å². The second kappa shape index (κ2) is 6.34. The normalized spacial score (nSPS) is 10.5. The molecule has 1 aromatic carbocycles. The van der Waals surface area contributed by atoms with Gasteiger partial charge >= 0.3 is 0 Å². The van der Waals surface area contributed by atoms with Crippen LogP contribution in [0, 0.1) is 0 Å². The number of nitrogens with zero attached hydrogens (tertiary/aromatic N) is 3. The topological polar surface area (TPSA) is 66.5 Å². The first-order valence-electron chi connectivity index (χ1n) is 7.64. The van der Waals surface area contributed by atoms with E-state index < -0.39 is 0 Å². The molecule has 116 valence electrons. The third-order valence-electron chi connectivity index (χ3n) is 3.66. The number of hydrogen-bond acceptors (Lipinski definition) is 4. The van der Waals surface area contributed by atoms with Crippen molar-refractivity contribution in [2.24, 2.45) is 0 Å².